The van der Waals surface area contributed by atoms with Crippen molar-refractivity contribution in [1.82, 2.24) is 4.98 Å². The van der Waals surface area contributed by atoms with Crippen LogP contribution in [-0.4, -0.2) is 9.91 Å². The first-order valence-corrected chi connectivity index (χ1v) is 7.56. The van der Waals surface area contributed by atoms with Crippen molar-refractivity contribution in [3.05, 3.63) is 64.5 Å². The van der Waals surface area contributed by atoms with Gasteiger partial charge in [-0.1, -0.05) is 42.5 Å². The summed E-state index contributed by atoms with van der Waals surface area (Å²) in [4.78, 5) is 14.8. The molecule has 5 nitrogen and oxygen atoms in total. The number of nitro groups is 1. The van der Waals surface area contributed by atoms with E-state index in [2.05, 4.69) is 36.8 Å². The van der Waals surface area contributed by atoms with E-state index in [1.165, 1.54) is 0 Å². The van der Waals surface area contributed by atoms with Crippen LogP contribution in [0, 0.1) is 10.1 Å². The summed E-state index contributed by atoms with van der Waals surface area (Å²) in [5.41, 5.74) is 2.92. The summed E-state index contributed by atoms with van der Waals surface area (Å²) in [6.45, 7) is 0. The third-order valence-electron chi connectivity index (χ3n) is 2.99. The van der Waals surface area contributed by atoms with Gasteiger partial charge in [-0.15, -0.1) is 0 Å². The van der Waals surface area contributed by atoms with Gasteiger partial charge in [-0.05, 0) is 11.6 Å². The fraction of sp³-hybridized carbons (Fsp3) is 0.0714. The molecule has 0 radical (unpaired) electrons. The number of fused-ring (bicyclic) bond motifs is 1. The lowest BCUT2D eigenvalue weighted by Crippen LogP contribution is -2.20. The zero-order valence-corrected chi connectivity index (χ0v) is 13.7. The van der Waals surface area contributed by atoms with Gasteiger partial charge in [0.1, 0.15) is 5.52 Å². The number of aromatic nitrogens is 1. The Bertz CT molecular complexity index is 815. The Morgan fingerprint density at radius 2 is 1.81 bits per heavy atom. The minimum absolute atomic E-state index is 0.0501. The van der Waals surface area contributed by atoms with Crippen LogP contribution in [0.3, 0.4) is 0 Å². The summed E-state index contributed by atoms with van der Waals surface area (Å²) in [5.74, 6) is -0.0501. The Balaban J connectivity index is 2.22. The van der Waals surface area contributed by atoms with Crippen LogP contribution in [0.25, 0.3) is 22.2 Å². The monoisotopic (exact) mass is 410 g/mol. The number of nitrogens with zero attached hydrogens (tertiary/aromatic N) is 2. The van der Waals surface area contributed by atoms with E-state index in [-0.39, 0.29) is 5.89 Å². The minimum atomic E-state index is -1.73. The average Bonchev–Trinajstić information content (AvgIpc) is 2.92. The second-order valence-electron chi connectivity index (χ2n) is 4.34. The van der Waals surface area contributed by atoms with E-state index in [0.717, 1.165) is 11.1 Å². The molecule has 0 aliphatic carbocycles. The van der Waals surface area contributed by atoms with Gasteiger partial charge in [0.25, 0.3) is 5.89 Å². The molecule has 106 valence electrons. The van der Waals surface area contributed by atoms with E-state index in [4.69, 9.17) is 4.42 Å². The normalized spacial score (nSPS) is 11.7. The van der Waals surface area contributed by atoms with E-state index in [1.54, 1.807) is 6.07 Å². The van der Waals surface area contributed by atoms with Crippen molar-refractivity contribution < 1.29 is 9.34 Å². The van der Waals surface area contributed by atoms with Crippen molar-refractivity contribution in [2.75, 3.05) is 0 Å². The van der Waals surface area contributed by atoms with E-state index in [1.807, 2.05) is 42.5 Å². The van der Waals surface area contributed by atoms with Crippen LogP contribution in [0.1, 0.15) is 5.89 Å². The lowest BCUT2D eigenvalue weighted by molar-refractivity contribution is -0.514. The molecule has 0 spiro atoms. The molecule has 21 heavy (non-hydrogen) atoms. The highest BCUT2D eigenvalue weighted by Crippen LogP contribution is 2.40. The van der Waals surface area contributed by atoms with Crippen LogP contribution < -0.4 is 0 Å². The largest absolute Gasteiger partial charge is 0.433 e. The summed E-state index contributed by atoms with van der Waals surface area (Å²) >= 11 is 5.95. The molecule has 3 rings (SSSR count). The van der Waals surface area contributed by atoms with Gasteiger partial charge >= 0.3 is 3.36 Å². The van der Waals surface area contributed by atoms with Gasteiger partial charge in [0, 0.05) is 37.4 Å². The Morgan fingerprint density at radius 3 is 2.48 bits per heavy atom. The highest BCUT2D eigenvalue weighted by atomic mass is 79.9. The fourth-order valence-corrected chi connectivity index (χ4v) is 2.35. The number of hydrogen-bond donors (Lipinski definition) is 0. The summed E-state index contributed by atoms with van der Waals surface area (Å²) < 4.78 is 3.78. The third-order valence-corrected chi connectivity index (χ3v) is 4.25. The second kappa shape index (κ2) is 5.23. The Labute approximate surface area is 136 Å². The smallest absolute Gasteiger partial charge is 0.400 e. The minimum Gasteiger partial charge on any atom is -0.433 e. The number of benzene rings is 2. The molecule has 1 aromatic heterocycles. The molecule has 7 heteroatoms. The maximum Gasteiger partial charge on any atom is 0.400 e. The number of rotatable bonds is 3. The van der Waals surface area contributed by atoms with Crippen molar-refractivity contribution >= 4 is 43.0 Å². The van der Waals surface area contributed by atoms with Crippen molar-refractivity contribution in [1.29, 1.82) is 0 Å². The molecule has 0 amide bonds. The summed E-state index contributed by atoms with van der Waals surface area (Å²) in [6.07, 6.45) is 0. The van der Waals surface area contributed by atoms with E-state index in [9.17, 15) is 10.1 Å². The van der Waals surface area contributed by atoms with Gasteiger partial charge in [-0.2, -0.15) is 0 Å². The van der Waals surface area contributed by atoms with E-state index in [0.29, 0.717) is 11.1 Å². The highest BCUT2D eigenvalue weighted by molar-refractivity contribution is 9.24. The number of hydrogen-bond acceptors (Lipinski definition) is 4. The maximum atomic E-state index is 11.1. The second-order valence-corrected chi connectivity index (χ2v) is 7.70. The third kappa shape index (κ3) is 2.47. The predicted molar refractivity (Wildman–Crippen MR) is 86.0 cm³/mol. The zero-order valence-electron chi connectivity index (χ0n) is 10.5. The van der Waals surface area contributed by atoms with Crippen molar-refractivity contribution in [3.8, 4) is 11.1 Å². The van der Waals surface area contributed by atoms with Gasteiger partial charge < -0.3 is 4.42 Å². The zero-order chi connectivity index (χ0) is 15.0. The first-order chi connectivity index (χ1) is 10.00. The van der Waals surface area contributed by atoms with Crippen LogP contribution in [0.4, 0.5) is 0 Å². The molecule has 2 aromatic carbocycles. The molecule has 1 heterocycles. The SMILES string of the molecule is O=[N+]([O-])C(Br)(Br)c1nc2c(-c3ccccc3)cccc2o1. The Hall–Kier alpha value is -1.73. The quantitative estimate of drug-likeness (QED) is 0.271. The Morgan fingerprint density at radius 1 is 1.10 bits per heavy atom. The van der Waals surface area contributed by atoms with Gasteiger partial charge in [0.05, 0.1) is 4.92 Å². The van der Waals surface area contributed by atoms with Crippen molar-refractivity contribution in [2.24, 2.45) is 0 Å². The van der Waals surface area contributed by atoms with E-state index >= 15 is 0 Å². The molecule has 0 atom stereocenters. The number of para-hydroxylation sites is 1. The van der Waals surface area contributed by atoms with Crippen LogP contribution in [0.15, 0.2) is 52.9 Å². The van der Waals surface area contributed by atoms with E-state index < -0.39 is 8.28 Å². The number of alkyl halides is 2. The molecule has 0 bridgehead atoms. The number of oxazole rings is 1. The lowest BCUT2D eigenvalue weighted by atomic mass is 10.0. The summed E-state index contributed by atoms with van der Waals surface area (Å²) in [6, 6.07) is 15.1. The average molecular weight is 412 g/mol. The van der Waals surface area contributed by atoms with Crippen molar-refractivity contribution in [3.63, 3.8) is 0 Å². The molecule has 0 N–H and O–H groups in total. The van der Waals surface area contributed by atoms with Crippen LogP contribution in [0.5, 0.6) is 0 Å². The first-order valence-electron chi connectivity index (χ1n) is 5.98. The molecular formula is C14H8Br2N2O3. The molecule has 0 saturated heterocycles. The van der Waals surface area contributed by atoms with Gasteiger partial charge in [0.2, 0.25) is 0 Å². The molecule has 0 aliphatic rings. The van der Waals surface area contributed by atoms with Crippen LogP contribution in [-0.2, 0) is 3.36 Å². The van der Waals surface area contributed by atoms with Crippen LogP contribution >= 0.6 is 31.9 Å². The molecule has 0 saturated carbocycles. The first kappa shape index (κ1) is 14.2. The Kier molecular flexibility index (Phi) is 3.54. The number of halogens is 2. The molecule has 3 aromatic rings. The maximum absolute atomic E-state index is 11.1. The van der Waals surface area contributed by atoms with Crippen molar-refractivity contribution in [2.45, 2.75) is 3.36 Å². The fourth-order valence-electron chi connectivity index (χ4n) is 2.01. The highest BCUT2D eigenvalue weighted by Gasteiger charge is 2.44. The molecular weight excluding hydrogens is 404 g/mol. The summed E-state index contributed by atoms with van der Waals surface area (Å²) in [5, 5.41) is 11.1. The summed E-state index contributed by atoms with van der Waals surface area (Å²) in [7, 11) is 0. The van der Waals surface area contributed by atoms with Gasteiger partial charge in [0.15, 0.2) is 5.58 Å². The lowest BCUT2D eigenvalue weighted by Gasteiger charge is -2.05. The molecule has 0 unspecified atom stereocenters. The standard InChI is InChI=1S/C14H8Br2N2O3/c15-14(16,18(19)20)13-17-12-10(7-4-8-11(12)21-13)9-5-2-1-3-6-9/h1-8H. The topological polar surface area (TPSA) is 69.2 Å². The van der Waals surface area contributed by atoms with Gasteiger partial charge in [-0.3, -0.25) is 10.1 Å². The molecule has 0 fully saturated rings. The molecule has 0 aliphatic heterocycles. The van der Waals surface area contributed by atoms with Crippen LogP contribution in [0.2, 0.25) is 0 Å². The van der Waals surface area contributed by atoms with Gasteiger partial charge in [-0.25, -0.2) is 4.98 Å². The predicted octanol–water partition coefficient (Wildman–Crippen LogP) is 4.67.